The van der Waals surface area contributed by atoms with Gasteiger partial charge in [0.2, 0.25) is 5.88 Å². The van der Waals surface area contributed by atoms with Crippen molar-refractivity contribution in [1.29, 1.82) is 5.26 Å². The predicted octanol–water partition coefficient (Wildman–Crippen LogP) is 1.44. The molecule has 0 aliphatic rings. The maximum Gasteiger partial charge on any atom is 0.574 e. The standard InChI is InChI=1S/C8H6F3N3O2/c1-15-5-3-14-7(16-8(9,10)11)4(2-12)6(5)13/h3H,1H3,(H2,13,14). The molecule has 0 amide bonds. The lowest BCUT2D eigenvalue weighted by Crippen LogP contribution is -2.19. The Kier molecular flexibility index (Phi) is 3.08. The number of nitrogen functional groups attached to an aromatic ring is 1. The second-order valence-corrected chi connectivity index (χ2v) is 2.58. The van der Waals surface area contributed by atoms with Gasteiger partial charge in [0, 0.05) is 0 Å². The van der Waals surface area contributed by atoms with E-state index in [0.717, 1.165) is 6.20 Å². The molecule has 8 heteroatoms. The molecule has 0 saturated carbocycles. The smallest absolute Gasteiger partial charge is 0.493 e. The zero-order chi connectivity index (χ0) is 12.3. The van der Waals surface area contributed by atoms with Crippen LogP contribution in [0.15, 0.2) is 6.20 Å². The average molecular weight is 233 g/mol. The number of nitriles is 1. The van der Waals surface area contributed by atoms with Crippen molar-refractivity contribution in [2.45, 2.75) is 6.36 Å². The number of ether oxygens (including phenoxy) is 2. The van der Waals surface area contributed by atoms with Gasteiger partial charge in [0.25, 0.3) is 0 Å². The second-order valence-electron chi connectivity index (χ2n) is 2.58. The van der Waals surface area contributed by atoms with Gasteiger partial charge in [-0.2, -0.15) is 5.26 Å². The van der Waals surface area contributed by atoms with Crippen molar-refractivity contribution in [3.63, 3.8) is 0 Å². The van der Waals surface area contributed by atoms with Crippen molar-refractivity contribution >= 4 is 5.69 Å². The van der Waals surface area contributed by atoms with Gasteiger partial charge in [0.1, 0.15) is 11.6 Å². The number of pyridine rings is 1. The van der Waals surface area contributed by atoms with Crippen molar-refractivity contribution in [2.24, 2.45) is 0 Å². The van der Waals surface area contributed by atoms with Gasteiger partial charge in [0.15, 0.2) is 5.75 Å². The minimum atomic E-state index is -4.93. The Hall–Kier alpha value is -2.17. The van der Waals surface area contributed by atoms with Crippen molar-refractivity contribution in [1.82, 2.24) is 4.98 Å². The number of nitrogens with zero attached hydrogens (tertiary/aromatic N) is 2. The minimum Gasteiger partial charge on any atom is -0.493 e. The molecule has 0 aliphatic carbocycles. The summed E-state index contributed by atoms with van der Waals surface area (Å²) in [5.41, 5.74) is 4.62. The van der Waals surface area contributed by atoms with Crippen LogP contribution < -0.4 is 15.2 Å². The Balaban J connectivity index is 3.23. The number of nitrogens with two attached hydrogens (primary N) is 1. The fourth-order valence-corrected chi connectivity index (χ4v) is 0.947. The van der Waals surface area contributed by atoms with Gasteiger partial charge in [-0.05, 0) is 0 Å². The molecule has 1 rings (SSSR count). The first-order chi connectivity index (χ1) is 7.39. The third kappa shape index (κ3) is 2.44. The van der Waals surface area contributed by atoms with E-state index in [4.69, 9.17) is 15.7 Å². The van der Waals surface area contributed by atoms with Crippen LogP contribution in [-0.2, 0) is 0 Å². The highest BCUT2D eigenvalue weighted by Crippen LogP contribution is 2.32. The van der Waals surface area contributed by atoms with Crippen LogP contribution in [0.2, 0.25) is 0 Å². The van der Waals surface area contributed by atoms with Crippen LogP contribution in [0.25, 0.3) is 0 Å². The van der Waals surface area contributed by atoms with Crippen LogP contribution in [-0.4, -0.2) is 18.5 Å². The van der Waals surface area contributed by atoms with E-state index >= 15 is 0 Å². The highest BCUT2D eigenvalue weighted by atomic mass is 19.4. The summed E-state index contributed by atoms with van der Waals surface area (Å²) in [5, 5.41) is 8.64. The summed E-state index contributed by atoms with van der Waals surface area (Å²) in [6, 6.07) is 1.47. The van der Waals surface area contributed by atoms with E-state index < -0.39 is 17.8 Å². The molecule has 0 radical (unpaired) electrons. The molecular weight excluding hydrogens is 227 g/mol. The lowest BCUT2D eigenvalue weighted by atomic mass is 10.2. The van der Waals surface area contributed by atoms with Gasteiger partial charge in [-0.25, -0.2) is 4.98 Å². The Morgan fingerprint density at radius 3 is 2.56 bits per heavy atom. The first-order valence-electron chi connectivity index (χ1n) is 3.87. The van der Waals surface area contributed by atoms with Gasteiger partial charge < -0.3 is 15.2 Å². The zero-order valence-electron chi connectivity index (χ0n) is 8.00. The monoisotopic (exact) mass is 233 g/mol. The molecule has 0 atom stereocenters. The molecular formula is C8H6F3N3O2. The van der Waals surface area contributed by atoms with Gasteiger partial charge >= 0.3 is 6.36 Å². The van der Waals surface area contributed by atoms with E-state index in [2.05, 4.69) is 9.72 Å². The van der Waals surface area contributed by atoms with Crippen molar-refractivity contribution in [2.75, 3.05) is 12.8 Å². The molecule has 16 heavy (non-hydrogen) atoms. The quantitative estimate of drug-likeness (QED) is 0.835. The highest BCUT2D eigenvalue weighted by Gasteiger charge is 2.33. The largest absolute Gasteiger partial charge is 0.574 e. The van der Waals surface area contributed by atoms with Crippen molar-refractivity contribution < 1.29 is 22.6 Å². The molecule has 0 unspecified atom stereocenters. The van der Waals surface area contributed by atoms with Gasteiger partial charge in [-0.1, -0.05) is 0 Å². The second kappa shape index (κ2) is 4.14. The number of rotatable bonds is 2. The lowest BCUT2D eigenvalue weighted by Gasteiger charge is -2.11. The summed E-state index contributed by atoms with van der Waals surface area (Å²) in [4.78, 5) is 3.30. The third-order valence-electron chi connectivity index (χ3n) is 1.59. The zero-order valence-corrected chi connectivity index (χ0v) is 8.00. The van der Waals surface area contributed by atoms with E-state index in [-0.39, 0.29) is 11.4 Å². The van der Waals surface area contributed by atoms with Crippen LogP contribution >= 0.6 is 0 Å². The molecule has 5 nitrogen and oxygen atoms in total. The number of methoxy groups -OCH3 is 1. The molecule has 86 valence electrons. The van der Waals surface area contributed by atoms with Gasteiger partial charge in [0.05, 0.1) is 19.0 Å². The lowest BCUT2D eigenvalue weighted by molar-refractivity contribution is -0.276. The maximum absolute atomic E-state index is 11.9. The van der Waals surface area contributed by atoms with E-state index in [1.165, 1.54) is 13.2 Å². The molecule has 0 bridgehead atoms. The number of aromatic nitrogens is 1. The fraction of sp³-hybridized carbons (Fsp3) is 0.250. The molecule has 0 aliphatic heterocycles. The normalized spacial score (nSPS) is 10.7. The van der Waals surface area contributed by atoms with Crippen LogP contribution in [0.1, 0.15) is 5.56 Å². The van der Waals surface area contributed by atoms with Crippen molar-refractivity contribution in [3.8, 4) is 17.7 Å². The number of alkyl halides is 3. The first-order valence-corrected chi connectivity index (χ1v) is 3.87. The SMILES string of the molecule is COc1cnc(OC(F)(F)F)c(C#N)c1N. The summed E-state index contributed by atoms with van der Waals surface area (Å²) in [5.74, 6) is -0.889. The average Bonchev–Trinajstić information content (AvgIpc) is 2.16. The molecule has 2 N–H and O–H groups in total. The van der Waals surface area contributed by atoms with Gasteiger partial charge in [-0.15, -0.1) is 13.2 Å². The molecule has 0 saturated heterocycles. The maximum atomic E-state index is 11.9. The van der Waals surface area contributed by atoms with Crippen molar-refractivity contribution in [3.05, 3.63) is 11.8 Å². The Labute approximate surface area is 88.2 Å². The first kappa shape index (κ1) is 11.9. The molecule has 0 fully saturated rings. The van der Waals surface area contributed by atoms with E-state index in [1.807, 2.05) is 0 Å². The summed E-state index contributed by atoms with van der Waals surface area (Å²) in [7, 11) is 1.25. The Bertz CT molecular complexity index is 439. The van der Waals surface area contributed by atoms with Crippen LogP contribution in [0, 0.1) is 11.3 Å². The van der Waals surface area contributed by atoms with Crippen LogP contribution in [0.5, 0.6) is 11.6 Å². The van der Waals surface area contributed by atoms with E-state index in [0.29, 0.717) is 0 Å². The summed E-state index contributed by atoms with van der Waals surface area (Å²) in [6.45, 7) is 0. The topological polar surface area (TPSA) is 81.2 Å². The molecule has 1 heterocycles. The van der Waals surface area contributed by atoms with E-state index in [9.17, 15) is 13.2 Å². The predicted molar refractivity (Wildman–Crippen MR) is 46.6 cm³/mol. The molecule has 1 aromatic rings. The number of hydrogen-bond acceptors (Lipinski definition) is 5. The van der Waals surface area contributed by atoms with Gasteiger partial charge in [-0.3, -0.25) is 0 Å². The van der Waals surface area contributed by atoms with Crippen LogP contribution in [0.3, 0.4) is 0 Å². The number of anilines is 1. The molecule has 1 aromatic heterocycles. The Morgan fingerprint density at radius 2 is 2.12 bits per heavy atom. The molecule has 0 aromatic carbocycles. The molecule has 0 spiro atoms. The van der Waals surface area contributed by atoms with Crippen LogP contribution in [0.4, 0.5) is 18.9 Å². The summed E-state index contributed by atoms with van der Waals surface area (Å²) < 4.78 is 44.0. The third-order valence-corrected chi connectivity index (χ3v) is 1.59. The number of hydrogen-bond donors (Lipinski definition) is 1. The Morgan fingerprint density at radius 1 is 1.50 bits per heavy atom. The van der Waals surface area contributed by atoms with E-state index in [1.54, 1.807) is 0 Å². The summed E-state index contributed by atoms with van der Waals surface area (Å²) >= 11 is 0. The fourth-order valence-electron chi connectivity index (χ4n) is 0.947. The minimum absolute atomic E-state index is 0.00562. The number of halogens is 3. The summed E-state index contributed by atoms with van der Waals surface area (Å²) in [6.07, 6.45) is -3.99. The highest BCUT2D eigenvalue weighted by molar-refractivity contribution is 5.65.